The van der Waals surface area contributed by atoms with Crippen molar-refractivity contribution in [1.29, 1.82) is 0 Å². The standard InChI is InChI=1S/C21H25NO2S/c1-15-8-10-16(11-9-15)13-25-14-20(23)22-18-12-21(2,3)24-19-7-5-4-6-17(18)19/h4-11,18H,12-14H2,1-3H3,(H,22,23). The number of rotatable bonds is 5. The number of carbonyl (C=O) groups excluding carboxylic acids is 1. The Labute approximate surface area is 154 Å². The van der Waals surface area contributed by atoms with E-state index in [1.165, 1.54) is 11.1 Å². The molecule has 1 aliphatic heterocycles. The van der Waals surface area contributed by atoms with Crippen molar-refractivity contribution in [3.8, 4) is 5.75 Å². The highest BCUT2D eigenvalue weighted by molar-refractivity contribution is 7.99. The van der Waals surface area contributed by atoms with Crippen molar-refractivity contribution in [2.75, 3.05) is 5.75 Å². The summed E-state index contributed by atoms with van der Waals surface area (Å²) in [6.45, 7) is 6.21. The highest BCUT2D eigenvalue weighted by Crippen LogP contribution is 2.39. The highest BCUT2D eigenvalue weighted by Gasteiger charge is 2.34. The number of hydrogen-bond donors (Lipinski definition) is 1. The second-order valence-corrected chi connectivity index (χ2v) is 8.19. The number of fused-ring (bicyclic) bond motifs is 1. The molecule has 0 radical (unpaired) electrons. The van der Waals surface area contributed by atoms with Gasteiger partial charge in [0.25, 0.3) is 0 Å². The van der Waals surface area contributed by atoms with Crippen LogP contribution in [0.2, 0.25) is 0 Å². The van der Waals surface area contributed by atoms with Gasteiger partial charge in [0.15, 0.2) is 0 Å². The van der Waals surface area contributed by atoms with Gasteiger partial charge in [-0.15, -0.1) is 11.8 Å². The molecule has 3 nitrogen and oxygen atoms in total. The smallest absolute Gasteiger partial charge is 0.230 e. The van der Waals surface area contributed by atoms with Gasteiger partial charge in [-0.25, -0.2) is 0 Å². The van der Waals surface area contributed by atoms with Crippen molar-refractivity contribution in [2.24, 2.45) is 0 Å². The molecule has 0 saturated heterocycles. The molecular weight excluding hydrogens is 330 g/mol. The molecule has 1 atom stereocenters. The van der Waals surface area contributed by atoms with Gasteiger partial charge in [0, 0.05) is 17.7 Å². The van der Waals surface area contributed by atoms with Crippen LogP contribution in [0, 0.1) is 6.92 Å². The van der Waals surface area contributed by atoms with Crippen LogP contribution in [0.4, 0.5) is 0 Å². The van der Waals surface area contributed by atoms with Gasteiger partial charge in [-0.3, -0.25) is 4.79 Å². The van der Waals surface area contributed by atoms with E-state index >= 15 is 0 Å². The second kappa shape index (κ2) is 7.52. The van der Waals surface area contributed by atoms with E-state index in [2.05, 4.69) is 50.4 Å². The lowest BCUT2D eigenvalue weighted by Gasteiger charge is -2.37. The van der Waals surface area contributed by atoms with Crippen LogP contribution >= 0.6 is 11.8 Å². The zero-order valence-electron chi connectivity index (χ0n) is 15.0. The van der Waals surface area contributed by atoms with Crippen LogP contribution in [0.25, 0.3) is 0 Å². The van der Waals surface area contributed by atoms with Crippen LogP contribution in [-0.4, -0.2) is 17.3 Å². The van der Waals surface area contributed by atoms with E-state index in [1.54, 1.807) is 11.8 Å². The Hall–Kier alpha value is -1.94. The molecule has 0 saturated carbocycles. The van der Waals surface area contributed by atoms with E-state index in [1.807, 2.05) is 24.3 Å². The first-order valence-corrected chi connectivity index (χ1v) is 9.79. The number of carbonyl (C=O) groups is 1. The summed E-state index contributed by atoms with van der Waals surface area (Å²) in [4.78, 5) is 12.4. The van der Waals surface area contributed by atoms with Crippen molar-refractivity contribution in [3.05, 3.63) is 65.2 Å². The lowest BCUT2D eigenvalue weighted by molar-refractivity contribution is -0.119. The molecule has 0 bridgehead atoms. The third-order valence-electron chi connectivity index (χ3n) is 4.33. The van der Waals surface area contributed by atoms with Gasteiger partial charge >= 0.3 is 0 Å². The average molecular weight is 356 g/mol. The minimum Gasteiger partial charge on any atom is -0.487 e. The quantitative estimate of drug-likeness (QED) is 0.849. The summed E-state index contributed by atoms with van der Waals surface area (Å²) in [5.74, 6) is 2.27. The van der Waals surface area contributed by atoms with Crippen molar-refractivity contribution in [3.63, 3.8) is 0 Å². The fourth-order valence-electron chi connectivity index (χ4n) is 3.11. The van der Waals surface area contributed by atoms with E-state index in [9.17, 15) is 4.79 Å². The Kier molecular flexibility index (Phi) is 5.38. The summed E-state index contributed by atoms with van der Waals surface area (Å²) >= 11 is 1.65. The third kappa shape index (κ3) is 4.79. The fourth-order valence-corrected chi connectivity index (χ4v) is 3.91. The predicted octanol–water partition coefficient (Wildman–Crippen LogP) is 4.65. The maximum atomic E-state index is 12.4. The molecule has 1 N–H and O–H groups in total. The van der Waals surface area contributed by atoms with Gasteiger partial charge in [0.1, 0.15) is 11.4 Å². The molecule has 25 heavy (non-hydrogen) atoms. The maximum Gasteiger partial charge on any atom is 0.230 e. The van der Waals surface area contributed by atoms with Gasteiger partial charge in [0.05, 0.1) is 11.8 Å². The number of benzene rings is 2. The second-order valence-electron chi connectivity index (χ2n) is 7.20. The minimum absolute atomic E-state index is 0.00687. The number of ether oxygens (including phenoxy) is 1. The maximum absolute atomic E-state index is 12.4. The van der Waals surface area contributed by atoms with Gasteiger partial charge in [-0.2, -0.15) is 0 Å². The van der Waals surface area contributed by atoms with Crippen LogP contribution in [0.5, 0.6) is 5.75 Å². The summed E-state index contributed by atoms with van der Waals surface area (Å²) in [5.41, 5.74) is 3.30. The molecule has 1 aliphatic rings. The third-order valence-corrected chi connectivity index (χ3v) is 5.34. The molecule has 2 aromatic rings. The molecule has 3 rings (SSSR count). The minimum atomic E-state index is -0.276. The SMILES string of the molecule is Cc1ccc(CSCC(=O)NC2CC(C)(C)Oc3ccccc32)cc1. The molecule has 4 heteroatoms. The van der Waals surface area contributed by atoms with Crippen LogP contribution in [0.1, 0.15) is 43.0 Å². The van der Waals surface area contributed by atoms with E-state index in [-0.39, 0.29) is 17.6 Å². The summed E-state index contributed by atoms with van der Waals surface area (Å²) in [6.07, 6.45) is 0.776. The van der Waals surface area contributed by atoms with E-state index in [0.29, 0.717) is 5.75 Å². The largest absolute Gasteiger partial charge is 0.487 e. The summed E-state index contributed by atoms with van der Waals surface area (Å²) in [7, 11) is 0. The molecule has 0 aromatic heterocycles. The molecule has 1 unspecified atom stereocenters. The average Bonchev–Trinajstić information content (AvgIpc) is 2.55. The van der Waals surface area contributed by atoms with E-state index in [4.69, 9.17) is 4.74 Å². The summed E-state index contributed by atoms with van der Waals surface area (Å²) in [6, 6.07) is 16.4. The van der Waals surface area contributed by atoms with Crippen molar-refractivity contribution < 1.29 is 9.53 Å². The lowest BCUT2D eigenvalue weighted by Crippen LogP contribution is -2.41. The number of aryl methyl sites for hydroxylation is 1. The molecule has 1 heterocycles. The van der Waals surface area contributed by atoms with Crippen LogP contribution < -0.4 is 10.1 Å². The summed E-state index contributed by atoms with van der Waals surface area (Å²) < 4.78 is 6.02. The molecule has 0 spiro atoms. The Morgan fingerprint density at radius 2 is 1.92 bits per heavy atom. The fraction of sp³-hybridized carbons (Fsp3) is 0.381. The topological polar surface area (TPSA) is 38.3 Å². The normalized spacial score (nSPS) is 18.1. The Morgan fingerprint density at radius 3 is 2.68 bits per heavy atom. The van der Waals surface area contributed by atoms with Crippen molar-refractivity contribution in [2.45, 2.75) is 44.6 Å². The molecule has 2 aromatic carbocycles. The molecule has 132 valence electrons. The molecular formula is C21H25NO2S. The number of hydrogen-bond acceptors (Lipinski definition) is 3. The van der Waals surface area contributed by atoms with Crippen LogP contribution in [0.15, 0.2) is 48.5 Å². The summed E-state index contributed by atoms with van der Waals surface area (Å²) in [5, 5.41) is 3.19. The van der Waals surface area contributed by atoms with Gasteiger partial charge in [-0.05, 0) is 32.4 Å². The highest BCUT2D eigenvalue weighted by atomic mass is 32.2. The number of amides is 1. The predicted molar refractivity (Wildman–Crippen MR) is 104 cm³/mol. The molecule has 1 amide bonds. The number of nitrogens with one attached hydrogen (secondary N) is 1. The first-order chi connectivity index (χ1) is 11.9. The van der Waals surface area contributed by atoms with Gasteiger partial charge in [-0.1, -0.05) is 48.0 Å². The van der Waals surface area contributed by atoms with Crippen LogP contribution in [0.3, 0.4) is 0 Å². The Bertz CT molecular complexity index is 740. The monoisotopic (exact) mass is 355 g/mol. The Balaban J connectivity index is 1.56. The van der Waals surface area contributed by atoms with Gasteiger partial charge in [0.2, 0.25) is 5.91 Å². The first-order valence-electron chi connectivity index (χ1n) is 8.63. The Morgan fingerprint density at radius 1 is 1.20 bits per heavy atom. The number of thioether (sulfide) groups is 1. The molecule has 0 aliphatic carbocycles. The lowest BCUT2D eigenvalue weighted by atomic mass is 9.90. The van der Waals surface area contributed by atoms with Crippen molar-refractivity contribution in [1.82, 2.24) is 5.32 Å². The zero-order chi connectivity index (χ0) is 17.9. The van der Waals surface area contributed by atoms with E-state index in [0.717, 1.165) is 23.5 Å². The van der Waals surface area contributed by atoms with Crippen LogP contribution in [-0.2, 0) is 10.5 Å². The van der Waals surface area contributed by atoms with E-state index < -0.39 is 0 Å². The molecule has 0 fully saturated rings. The number of para-hydroxylation sites is 1. The first kappa shape index (κ1) is 17.9. The zero-order valence-corrected chi connectivity index (χ0v) is 15.9. The van der Waals surface area contributed by atoms with Crippen molar-refractivity contribution >= 4 is 17.7 Å². The van der Waals surface area contributed by atoms with Gasteiger partial charge < -0.3 is 10.1 Å².